The first-order valence-corrected chi connectivity index (χ1v) is 5.61. The third-order valence-electron chi connectivity index (χ3n) is 3.21. The first-order valence-electron chi connectivity index (χ1n) is 5.61. The number of rotatable bonds is 3. The summed E-state index contributed by atoms with van der Waals surface area (Å²) in [5, 5.41) is 0. The molecule has 0 saturated heterocycles. The molecule has 0 aromatic rings. The highest BCUT2D eigenvalue weighted by molar-refractivity contribution is 4.73. The zero-order valence-corrected chi connectivity index (χ0v) is 8.80. The Kier molecular flexibility index (Phi) is 5.40. The minimum atomic E-state index is 0.304. The van der Waals surface area contributed by atoms with Crippen LogP contribution in [-0.4, -0.2) is 19.8 Å². The number of ether oxygens (including phenoxy) is 1. The van der Waals surface area contributed by atoms with Gasteiger partial charge in [0.15, 0.2) is 0 Å². The molecule has 1 unspecified atom stereocenters. The molecule has 13 heavy (non-hydrogen) atoms. The van der Waals surface area contributed by atoms with Crippen molar-refractivity contribution in [2.24, 2.45) is 11.7 Å². The summed E-state index contributed by atoms with van der Waals surface area (Å²) < 4.78 is 5.41. The van der Waals surface area contributed by atoms with E-state index in [9.17, 15) is 0 Å². The third kappa shape index (κ3) is 3.65. The van der Waals surface area contributed by atoms with Gasteiger partial charge in [0.05, 0.1) is 6.10 Å². The third-order valence-corrected chi connectivity index (χ3v) is 3.21. The van der Waals surface area contributed by atoms with Gasteiger partial charge in [-0.05, 0) is 18.8 Å². The van der Waals surface area contributed by atoms with Gasteiger partial charge >= 0.3 is 0 Å². The van der Waals surface area contributed by atoms with E-state index in [-0.39, 0.29) is 0 Å². The van der Waals surface area contributed by atoms with Gasteiger partial charge in [0, 0.05) is 13.7 Å². The van der Waals surface area contributed by atoms with E-state index < -0.39 is 0 Å². The molecule has 78 valence electrons. The molecular weight excluding hydrogens is 162 g/mol. The first kappa shape index (κ1) is 11.0. The highest BCUT2D eigenvalue weighted by Gasteiger charge is 2.20. The molecule has 0 aromatic heterocycles. The smallest absolute Gasteiger partial charge is 0.0721 e. The van der Waals surface area contributed by atoms with Crippen LogP contribution in [0.1, 0.15) is 44.9 Å². The Labute approximate surface area is 81.8 Å². The second-order valence-electron chi connectivity index (χ2n) is 4.12. The minimum absolute atomic E-state index is 0.304. The molecule has 0 amide bonds. The predicted molar refractivity (Wildman–Crippen MR) is 55.7 cm³/mol. The van der Waals surface area contributed by atoms with Crippen LogP contribution in [0.5, 0.6) is 0 Å². The lowest BCUT2D eigenvalue weighted by Gasteiger charge is -2.26. The summed E-state index contributed by atoms with van der Waals surface area (Å²) in [5.74, 6) is 0.718. The van der Waals surface area contributed by atoms with Gasteiger partial charge in [0.2, 0.25) is 0 Å². The Balaban J connectivity index is 2.35. The number of hydrogen-bond donors (Lipinski definition) is 1. The van der Waals surface area contributed by atoms with Crippen LogP contribution in [0, 0.1) is 5.92 Å². The maximum atomic E-state index is 5.68. The fourth-order valence-corrected chi connectivity index (χ4v) is 2.34. The molecule has 0 spiro atoms. The summed E-state index contributed by atoms with van der Waals surface area (Å²) in [4.78, 5) is 0. The molecule has 2 N–H and O–H groups in total. The summed E-state index contributed by atoms with van der Waals surface area (Å²) in [6.45, 7) is 0.682. The Hall–Kier alpha value is -0.0800. The van der Waals surface area contributed by atoms with E-state index in [1.54, 1.807) is 7.11 Å². The molecule has 1 aliphatic carbocycles. The monoisotopic (exact) mass is 185 g/mol. The minimum Gasteiger partial charge on any atom is -0.380 e. The zero-order valence-electron chi connectivity index (χ0n) is 8.80. The van der Waals surface area contributed by atoms with Crippen LogP contribution in [0.3, 0.4) is 0 Å². The molecule has 0 aromatic carbocycles. The molecule has 2 heteroatoms. The van der Waals surface area contributed by atoms with Gasteiger partial charge in [0.25, 0.3) is 0 Å². The van der Waals surface area contributed by atoms with Crippen molar-refractivity contribution in [3.63, 3.8) is 0 Å². The average molecular weight is 185 g/mol. The summed E-state index contributed by atoms with van der Waals surface area (Å²) in [6.07, 6.45) is 9.89. The van der Waals surface area contributed by atoms with Crippen molar-refractivity contribution in [1.82, 2.24) is 0 Å². The van der Waals surface area contributed by atoms with Gasteiger partial charge < -0.3 is 10.5 Å². The molecule has 1 rings (SSSR count). The lowest BCUT2D eigenvalue weighted by molar-refractivity contribution is 0.0477. The molecular formula is C11H23NO. The fraction of sp³-hybridized carbons (Fsp3) is 1.00. The number of hydrogen-bond acceptors (Lipinski definition) is 2. The highest BCUT2D eigenvalue weighted by atomic mass is 16.5. The van der Waals surface area contributed by atoms with Crippen molar-refractivity contribution < 1.29 is 4.74 Å². The molecule has 0 radical (unpaired) electrons. The number of methoxy groups -OCH3 is 1. The standard InChI is InChI=1S/C11H23NO/c1-13-11(9-12)10-7-5-3-2-4-6-8-10/h10-11H,2-9,12H2,1H3. The van der Waals surface area contributed by atoms with E-state index in [2.05, 4.69) is 0 Å². The van der Waals surface area contributed by atoms with Crippen LogP contribution in [-0.2, 0) is 4.74 Å². The van der Waals surface area contributed by atoms with Gasteiger partial charge in [0.1, 0.15) is 0 Å². The van der Waals surface area contributed by atoms with Gasteiger partial charge in [-0.1, -0.05) is 32.1 Å². The Morgan fingerprint density at radius 1 is 1.15 bits per heavy atom. The Bertz CT molecular complexity index is 115. The summed E-state index contributed by atoms with van der Waals surface area (Å²) in [6, 6.07) is 0. The largest absolute Gasteiger partial charge is 0.380 e. The second kappa shape index (κ2) is 6.39. The molecule has 2 nitrogen and oxygen atoms in total. The normalized spacial score (nSPS) is 23.5. The van der Waals surface area contributed by atoms with Crippen molar-refractivity contribution in [2.75, 3.05) is 13.7 Å². The topological polar surface area (TPSA) is 35.2 Å². The van der Waals surface area contributed by atoms with Crippen molar-refractivity contribution in [3.05, 3.63) is 0 Å². The maximum Gasteiger partial charge on any atom is 0.0721 e. The fourth-order valence-electron chi connectivity index (χ4n) is 2.34. The van der Waals surface area contributed by atoms with Crippen molar-refractivity contribution in [1.29, 1.82) is 0 Å². The van der Waals surface area contributed by atoms with Crippen LogP contribution in [0.2, 0.25) is 0 Å². The summed E-state index contributed by atoms with van der Waals surface area (Å²) in [7, 11) is 1.79. The zero-order chi connectivity index (χ0) is 9.52. The molecule has 0 heterocycles. The van der Waals surface area contributed by atoms with E-state index >= 15 is 0 Å². The van der Waals surface area contributed by atoms with Crippen LogP contribution in [0.25, 0.3) is 0 Å². The van der Waals surface area contributed by atoms with Crippen molar-refractivity contribution >= 4 is 0 Å². The van der Waals surface area contributed by atoms with Crippen LogP contribution >= 0.6 is 0 Å². The average Bonchev–Trinajstić information content (AvgIpc) is 2.09. The van der Waals surface area contributed by atoms with E-state index in [0.29, 0.717) is 12.6 Å². The van der Waals surface area contributed by atoms with Gasteiger partial charge in [-0.25, -0.2) is 0 Å². The van der Waals surface area contributed by atoms with Crippen molar-refractivity contribution in [3.8, 4) is 0 Å². The molecule has 1 atom stereocenters. The molecule has 0 aliphatic heterocycles. The SMILES string of the molecule is COC(CN)C1CCCCCCC1. The lowest BCUT2D eigenvalue weighted by atomic mass is 9.87. The van der Waals surface area contributed by atoms with Crippen LogP contribution in [0.4, 0.5) is 0 Å². The second-order valence-corrected chi connectivity index (χ2v) is 4.12. The van der Waals surface area contributed by atoms with Crippen molar-refractivity contribution in [2.45, 2.75) is 51.0 Å². The molecule has 1 fully saturated rings. The summed E-state index contributed by atoms with van der Waals surface area (Å²) in [5.41, 5.74) is 5.68. The van der Waals surface area contributed by atoms with Gasteiger partial charge in [-0.15, -0.1) is 0 Å². The van der Waals surface area contributed by atoms with Gasteiger partial charge in [-0.3, -0.25) is 0 Å². The van der Waals surface area contributed by atoms with Gasteiger partial charge in [-0.2, -0.15) is 0 Å². The van der Waals surface area contributed by atoms with E-state index in [1.807, 2.05) is 0 Å². The van der Waals surface area contributed by atoms with Crippen LogP contribution < -0.4 is 5.73 Å². The Morgan fingerprint density at radius 3 is 2.15 bits per heavy atom. The number of nitrogens with two attached hydrogens (primary N) is 1. The predicted octanol–water partition coefficient (Wildman–Crippen LogP) is 2.32. The molecule has 1 saturated carbocycles. The highest BCUT2D eigenvalue weighted by Crippen LogP contribution is 2.25. The lowest BCUT2D eigenvalue weighted by Crippen LogP contribution is -2.31. The molecule has 0 bridgehead atoms. The molecule has 1 aliphatic rings. The summed E-state index contributed by atoms with van der Waals surface area (Å²) >= 11 is 0. The van der Waals surface area contributed by atoms with E-state index in [4.69, 9.17) is 10.5 Å². The Morgan fingerprint density at radius 2 is 1.69 bits per heavy atom. The van der Waals surface area contributed by atoms with E-state index in [0.717, 1.165) is 5.92 Å². The quantitative estimate of drug-likeness (QED) is 0.732. The van der Waals surface area contributed by atoms with Crippen LogP contribution in [0.15, 0.2) is 0 Å². The maximum absolute atomic E-state index is 5.68. The first-order chi connectivity index (χ1) is 6.38. The van der Waals surface area contributed by atoms with E-state index in [1.165, 1.54) is 44.9 Å².